The van der Waals surface area contributed by atoms with Crippen molar-refractivity contribution in [3.05, 3.63) is 65.7 Å². The van der Waals surface area contributed by atoms with Crippen LogP contribution in [0.25, 0.3) is 5.69 Å². The molecule has 0 unspecified atom stereocenters. The molecule has 0 fully saturated rings. The molecule has 1 aromatic heterocycles. The molecule has 2 N–H and O–H groups in total. The number of benzene rings is 2. The minimum absolute atomic E-state index is 0.0753. The number of halogens is 3. The molecule has 0 spiro atoms. The fourth-order valence-electron chi connectivity index (χ4n) is 3.27. The summed E-state index contributed by atoms with van der Waals surface area (Å²) >= 11 is 0. The van der Waals surface area contributed by atoms with Gasteiger partial charge in [0, 0.05) is 5.69 Å². The zero-order valence-corrected chi connectivity index (χ0v) is 18.3. The summed E-state index contributed by atoms with van der Waals surface area (Å²) in [6.07, 6.45) is -2.04. The Kier molecular flexibility index (Phi) is 7.12. The van der Waals surface area contributed by atoms with Crippen LogP contribution in [0.4, 0.5) is 24.5 Å². The van der Waals surface area contributed by atoms with Crippen LogP contribution in [0.3, 0.4) is 0 Å². The third kappa shape index (κ3) is 6.16. The molecule has 0 saturated heterocycles. The summed E-state index contributed by atoms with van der Waals surface area (Å²) in [5, 5.41) is 9.22. The number of hydrogen-bond donors (Lipinski definition) is 2. The van der Waals surface area contributed by atoms with Gasteiger partial charge in [-0.2, -0.15) is 18.3 Å². The summed E-state index contributed by atoms with van der Waals surface area (Å²) in [5.41, 5.74) is 1.77. The molecule has 2 amide bonds. The SMILES string of the molecule is Cc1cccc(C)c1NC(=O)CN(C)CC(=O)Nc1cc(C(F)(F)F)ccc1-n1cncn1. The molecule has 0 aliphatic heterocycles. The fourth-order valence-corrected chi connectivity index (χ4v) is 3.27. The zero-order chi connectivity index (χ0) is 24.2. The lowest BCUT2D eigenvalue weighted by Crippen LogP contribution is -2.36. The maximum absolute atomic E-state index is 13.2. The number of amides is 2. The third-order valence-corrected chi connectivity index (χ3v) is 4.84. The van der Waals surface area contributed by atoms with Crippen LogP contribution in [0.1, 0.15) is 16.7 Å². The van der Waals surface area contributed by atoms with E-state index in [9.17, 15) is 22.8 Å². The van der Waals surface area contributed by atoms with Crippen LogP contribution >= 0.6 is 0 Å². The van der Waals surface area contributed by atoms with E-state index < -0.39 is 17.6 Å². The van der Waals surface area contributed by atoms with Crippen molar-refractivity contribution in [2.45, 2.75) is 20.0 Å². The van der Waals surface area contributed by atoms with Gasteiger partial charge in [-0.3, -0.25) is 14.5 Å². The number of nitrogens with zero attached hydrogens (tertiary/aromatic N) is 4. The van der Waals surface area contributed by atoms with E-state index in [1.165, 1.54) is 28.3 Å². The molecular weight excluding hydrogens is 437 g/mol. The number of aryl methyl sites for hydroxylation is 2. The number of carbonyl (C=O) groups is 2. The largest absolute Gasteiger partial charge is 0.416 e. The summed E-state index contributed by atoms with van der Waals surface area (Å²) in [6, 6.07) is 8.58. The first-order valence-electron chi connectivity index (χ1n) is 9.95. The molecular formula is C22H23F3N6O2. The van der Waals surface area contributed by atoms with E-state index in [0.717, 1.165) is 23.3 Å². The smallest absolute Gasteiger partial charge is 0.324 e. The Morgan fingerprint density at radius 1 is 1.03 bits per heavy atom. The second-order valence-corrected chi connectivity index (χ2v) is 7.61. The van der Waals surface area contributed by atoms with Crippen molar-refractivity contribution in [1.29, 1.82) is 0 Å². The lowest BCUT2D eigenvalue weighted by atomic mass is 10.1. The Labute approximate surface area is 188 Å². The second-order valence-electron chi connectivity index (χ2n) is 7.61. The van der Waals surface area contributed by atoms with Gasteiger partial charge >= 0.3 is 6.18 Å². The number of hydrogen-bond acceptors (Lipinski definition) is 5. The molecule has 33 heavy (non-hydrogen) atoms. The summed E-state index contributed by atoms with van der Waals surface area (Å²) in [6.45, 7) is 3.45. The number of rotatable bonds is 7. The summed E-state index contributed by atoms with van der Waals surface area (Å²) in [4.78, 5) is 30.2. The highest BCUT2D eigenvalue weighted by atomic mass is 19.4. The highest BCUT2D eigenvalue weighted by molar-refractivity contribution is 5.96. The van der Waals surface area contributed by atoms with Crippen molar-refractivity contribution in [1.82, 2.24) is 19.7 Å². The molecule has 0 aliphatic rings. The topological polar surface area (TPSA) is 92.2 Å². The Balaban J connectivity index is 1.68. The first-order valence-corrected chi connectivity index (χ1v) is 9.95. The molecule has 174 valence electrons. The highest BCUT2D eigenvalue weighted by Gasteiger charge is 2.31. The number of aromatic nitrogens is 3. The predicted octanol–water partition coefficient (Wildman–Crippen LogP) is 3.41. The molecule has 11 heteroatoms. The number of anilines is 2. The molecule has 0 bridgehead atoms. The van der Waals surface area contributed by atoms with E-state index in [1.807, 2.05) is 32.0 Å². The summed E-state index contributed by atoms with van der Waals surface area (Å²) in [5.74, 6) is -0.900. The quantitative estimate of drug-likeness (QED) is 0.564. The molecule has 8 nitrogen and oxygen atoms in total. The Hall–Kier alpha value is -3.73. The molecule has 1 heterocycles. The maximum atomic E-state index is 13.2. The van der Waals surface area contributed by atoms with Gasteiger partial charge in [0.2, 0.25) is 11.8 Å². The van der Waals surface area contributed by atoms with Gasteiger partial charge in [-0.15, -0.1) is 0 Å². The Bertz CT molecular complexity index is 1130. The number of para-hydroxylation sites is 1. The first-order chi connectivity index (χ1) is 15.5. The van der Waals surface area contributed by atoms with Crippen molar-refractivity contribution >= 4 is 23.2 Å². The van der Waals surface area contributed by atoms with Gasteiger partial charge in [-0.1, -0.05) is 18.2 Å². The van der Waals surface area contributed by atoms with Gasteiger partial charge in [0.25, 0.3) is 0 Å². The summed E-state index contributed by atoms with van der Waals surface area (Å²) in [7, 11) is 1.56. The van der Waals surface area contributed by atoms with Crippen LogP contribution in [0, 0.1) is 13.8 Å². The van der Waals surface area contributed by atoms with Crippen LogP contribution in [0.15, 0.2) is 49.1 Å². The van der Waals surface area contributed by atoms with Crippen LogP contribution in [0.5, 0.6) is 0 Å². The minimum Gasteiger partial charge on any atom is -0.324 e. The van der Waals surface area contributed by atoms with Crippen molar-refractivity contribution in [3.8, 4) is 5.69 Å². The van der Waals surface area contributed by atoms with E-state index in [4.69, 9.17) is 0 Å². The first kappa shape index (κ1) is 23.9. The molecule has 0 saturated carbocycles. The van der Waals surface area contributed by atoms with Crippen LogP contribution in [-0.2, 0) is 15.8 Å². The summed E-state index contributed by atoms with van der Waals surface area (Å²) < 4.78 is 40.8. The molecule has 0 aliphatic carbocycles. The zero-order valence-electron chi connectivity index (χ0n) is 18.3. The van der Waals surface area contributed by atoms with Crippen LogP contribution in [0.2, 0.25) is 0 Å². The number of alkyl halides is 3. The monoisotopic (exact) mass is 460 g/mol. The van der Waals surface area contributed by atoms with Crippen LogP contribution in [-0.4, -0.2) is 51.6 Å². The van der Waals surface area contributed by atoms with Crippen molar-refractivity contribution in [3.63, 3.8) is 0 Å². The van der Waals surface area contributed by atoms with Gasteiger partial charge in [-0.25, -0.2) is 9.67 Å². The lowest BCUT2D eigenvalue weighted by Gasteiger charge is -2.19. The molecule has 0 atom stereocenters. The fraction of sp³-hybridized carbons (Fsp3) is 0.273. The normalized spacial score (nSPS) is 11.5. The lowest BCUT2D eigenvalue weighted by molar-refractivity contribution is -0.137. The average Bonchev–Trinajstić information content (AvgIpc) is 3.24. The van der Waals surface area contributed by atoms with E-state index in [1.54, 1.807) is 7.05 Å². The van der Waals surface area contributed by atoms with E-state index in [0.29, 0.717) is 5.69 Å². The van der Waals surface area contributed by atoms with Gasteiger partial charge in [0.1, 0.15) is 12.7 Å². The molecule has 3 aromatic rings. The number of likely N-dealkylation sites (N-methyl/N-ethyl adjacent to an activating group) is 1. The third-order valence-electron chi connectivity index (χ3n) is 4.84. The van der Waals surface area contributed by atoms with Crippen LogP contribution < -0.4 is 10.6 Å². The van der Waals surface area contributed by atoms with E-state index >= 15 is 0 Å². The predicted molar refractivity (Wildman–Crippen MR) is 117 cm³/mol. The van der Waals surface area contributed by atoms with Crippen molar-refractivity contribution in [2.24, 2.45) is 0 Å². The Morgan fingerprint density at radius 3 is 2.24 bits per heavy atom. The molecule has 0 radical (unpaired) electrons. The Morgan fingerprint density at radius 2 is 1.67 bits per heavy atom. The van der Waals surface area contributed by atoms with Gasteiger partial charge in [-0.05, 0) is 50.2 Å². The highest BCUT2D eigenvalue weighted by Crippen LogP contribution is 2.33. The van der Waals surface area contributed by atoms with Gasteiger partial charge in [0.05, 0.1) is 30.0 Å². The van der Waals surface area contributed by atoms with E-state index in [2.05, 4.69) is 20.7 Å². The molecule has 2 aromatic carbocycles. The molecule has 3 rings (SSSR count). The minimum atomic E-state index is -4.58. The van der Waals surface area contributed by atoms with E-state index in [-0.39, 0.29) is 30.4 Å². The second kappa shape index (κ2) is 9.82. The van der Waals surface area contributed by atoms with Crippen molar-refractivity contribution in [2.75, 3.05) is 30.8 Å². The van der Waals surface area contributed by atoms with Crippen molar-refractivity contribution < 1.29 is 22.8 Å². The number of nitrogens with one attached hydrogen (secondary N) is 2. The standard InChI is InChI=1S/C22H23F3N6O2/c1-14-5-4-6-15(2)21(14)29-20(33)11-30(3)10-19(32)28-17-9-16(22(23,24)25)7-8-18(17)31-13-26-12-27-31/h4-9,12-13H,10-11H2,1-3H3,(H,28,32)(H,29,33). The maximum Gasteiger partial charge on any atom is 0.416 e. The number of carbonyl (C=O) groups excluding carboxylic acids is 2. The average molecular weight is 460 g/mol. The van der Waals surface area contributed by atoms with Gasteiger partial charge in [0.15, 0.2) is 0 Å². The van der Waals surface area contributed by atoms with Gasteiger partial charge < -0.3 is 10.6 Å².